The molecule has 0 aromatic heterocycles. The molecule has 0 aliphatic carbocycles. The molecule has 0 aliphatic rings. The highest BCUT2D eigenvalue weighted by atomic mass is 15.1. The Bertz CT molecular complexity index is 2570. The van der Waals surface area contributed by atoms with Gasteiger partial charge in [-0.15, -0.1) is 0 Å². The zero-order valence-corrected chi connectivity index (χ0v) is 27.0. The molecule has 9 aromatic carbocycles. The first-order valence-corrected chi connectivity index (χ1v) is 16.8. The molecule has 1 heteroatoms. The smallest absolute Gasteiger partial charge is 0.0540 e. The summed E-state index contributed by atoms with van der Waals surface area (Å²) in [6.07, 6.45) is 0. The molecular weight excluding hydrogens is 591 g/mol. The predicted molar refractivity (Wildman–Crippen MR) is 210 cm³/mol. The monoisotopic (exact) mass is 623 g/mol. The van der Waals surface area contributed by atoms with Gasteiger partial charge in [0, 0.05) is 16.9 Å². The van der Waals surface area contributed by atoms with Crippen molar-refractivity contribution in [3.8, 4) is 33.4 Å². The lowest BCUT2D eigenvalue weighted by molar-refractivity contribution is 1.29. The first-order valence-electron chi connectivity index (χ1n) is 16.8. The predicted octanol–water partition coefficient (Wildman–Crippen LogP) is 13.6. The van der Waals surface area contributed by atoms with Gasteiger partial charge >= 0.3 is 0 Å². The fourth-order valence-electron chi connectivity index (χ4n) is 7.19. The number of benzene rings is 9. The average Bonchev–Trinajstić information content (AvgIpc) is 3.19. The van der Waals surface area contributed by atoms with E-state index in [4.69, 9.17) is 0 Å². The van der Waals surface area contributed by atoms with E-state index >= 15 is 0 Å². The van der Waals surface area contributed by atoms with Gasteiger partial charge < -0.3 is 4.90 Å². The Morgan fingerprint density at radius 3 is 1.43 bits per heavy atom. The molecule has 0 heterocycles. The molecule has 0 unspecified atom stereocenters. The molecule has 0 amide bonds. The standard InChI is InChI=1S/C48H33N/c1-3-11-34(12-4-1)35-19-21-36(22-20-35)37-23-28-41(29-24-37)49(48-18-10-9-17-44(48)38-13-5-2-6-14-38)42-30-25-40-27-31-45-43-16-8-7-15-39(43)26-32-46(45)47(40)33-42/h1-33H. The molecule has 0 radical (unpaired) electrons. The molecule has 49 heavy (non-hydrogen) atoms. The summed E-state index contributed by atoms with van der Waals surface area (Å²) in [7, 11) is 0. The number of hydrogen-bond donors (Lipinski definition) is 0. The summed E-state index contributed by atoms with van der Waals surface area (Å²) in [4.78, 5) is 2.41. The van der Waals surface area contributed by atoms with Crippen molar-refractivity contribution in [3.63, 3.8) is 0 Å². The van der Waals surface area contributed by atoms with Crippen LogP contribution in [-0.2, 0) is 0 Å². The van der Waals surface area contributed by atoms with Crippen LogP contribution in [0.5, 0.6) is 0 Å². The zero-order chi connectivity index (χ0) is 32.6. The number of hydrogen-bond acceptors (Lipinski definition) is 1. The minimum atomic E-state index is 1.11. The minimum Gasteiger partial charge on any atom is -0.310 e. The second-order valence-electron chi connectivity index (χ2n) is 12.6. The van der Waals surface area contributed by atoms with E-state index in [1.54, 1.807) is 0 Å². The molecule has 9 rings (SSSR count). The quantitative estimate of drug-likeness (QED) is 0.167. The van der Waals surface area contributed by atoms with Gasteiger partial charge in [0.2, 0.25) is 0 Å². The molecule has 9 aromatic rings. The summed E-state index contributed by atoms with van der Waals surface area (Å²) >= 11 is 0. The van der Waals surface area contributed by atoms with E-state index in [1.165, 1.54) is 65.7 Å². The van der Waals surface area contributed by atoms with Crippen molar-refractivity contribution < 1.29 is 0 Å². The number of para-hydroxylation sites is 1. The van der Waals surface area contributed by atoms with E-state index in [0.717, 1.165) is 17.1 Å². The summed E-state index contributed by atoms with van der Waals surface area (Å²) in [6, 6.07) is 72.4. The molecular formula is C48H33N. The lowest BCUT2D eigenvalue weighted by atomic mass is 9.96. The molecule has 0 N–H and O–H groups in total. The van der Waals surface area contributed by atoms with Crippen LogP contribution in [0.2, 0.25) is 0 Å². The van der Waals surface area contributed by atoms with Crippen LogP contribution < -0.4 is 4.90 Å². The van der Waals surface area contributed by atoms with Crippen molar-refractivity contribution in [1.29, 1.82) is 0 Å². The zero-order valence-electron chi connectivity index (χ0n) is 27.0. The molecule has 0 bridgehead atoms. The van der Waals surface area contributed by atoms with Crippen molar-refractivity contribution in [2.24, 2.45) is 0 Å². The van der Waals surface area contributed by atoms with Gasteiger partial charge in [-0.25, -0.2) is 0 Å². The molecule has 0 saturated carbocycles. The topological polar surface area (TPSA) is 3.24 Å². The maximum absolute atomic E-state index is 2.41. The lowest BCUT2D eigenvalue weighted by Gasteiger charge is -2.28. The average molecular weight is 624 g/mol. The van der Waals surface area contributed by atoms with Gasteiger partial charge in [0.25, 0.3) is 0 Å². The fourth-order valence-corrected chi connectivity index (χ4v) is 7.19. The van der Waals surface area contributed by atoms with Crippen LogP contribution in [0.1, 0.15) is 0 Å². The van der Waals surface area contributed by atoms with Gasteiger partial charge in [-0.1, -0.05) is 170 Å². The van der Waals surface area contributed by atoms with Gasteiger partial charge in [-0.2, -0.15) is 0 Å². The van der Waals surface area contributed by atoms with Gasteiger partial charge in [-0.3, -0.25) is 0 Å². The van der Waals surface area contributed by atoms with Crippen molar-refractivity contribution in [3.05, 3.63) is 200 Å². The Morgan fingerprint density at radius 2 is 0.735 bits per heavy atom. The molecule has 0 atom stereocenters. The van der Waals surface area contributed by atoms with Crippen LogP contribution in [0.3, 0.4) is 0 Å². The third-order valence-electron chi connectivity index (χ3n) is 9.67. The third kappa shape index (κ3) is 5.32. The van der Waals surface area contributed by atoms with E-state index in [-0.39, 0.29) is 0 Å². The highest BCUT2D eigenvalue weighted by Crippen LogP contribution is 2.43. The summed E-state index contributed by atoms with van der Waals surface area (Å²) in [6.45, 7) is 0. The second kappa shape index (κ2) is 12.3. The lowest BCUT2D eigenvalue weighted by Crippen LogP contribution is -2.11. The maximum Gasteiger partial charge on any atom is 0.0540 e. The molecule has 1 nitrogen and oxygen atoms in total. The van der Waals surface area contributed by atoms with E-state index in [2.05, 4.69) is 205 Å². The summed E-state index contributed by atoms with van der Waals surface area (Å²) in [5, 5.41) is 7.57. The van der Waals surface area contributed by atoms with E-state index in [1.807, 2.05) is 0 Å². The molecule has 0 fully saturated rings. The summed E-state index contributed by atoms with van der Waals surface area (Å²) in [5.41, 5.74) is 10.6. The van der Waals surface area contributed by atoms with E-state index in [9.17, 15) is 0 Å². The van der Waals surface area contributed by atoms with Gasteiger partial charge in [-0.05, 0) is 90.5 Å². The van der Waals surface area contributed by atoms with Gasteiger partial charge in [0.15, 0.2) is 0 Å². The first kappa shape index (κ1) is 28.8. The fraction of sp³-hybridized carbons (Fsp3) is 0. The Morgan fingerprint density at radius 1 is 0.265 bits per heavy atom. The van der Waals surface area contributed by atoms with E-state index in [0.29, 0.717) is 0 Å². The highest BCUT2D eigenvalue weighted by Gasteiger charge is 2.18. The molecule has 0 aliphatic heterocycles. The summed E-state index contributed by atoms with van der Waals surface area (Å²) < 4.78 is 0. The van der Waals surface area contributed by atoms with Gasteiger partial charge in [0.05, 0.1) is 5.69 Å². The molecule has 0 spiro atoms. The van der Waals surface area contributed by atoms with Crippen LogP contribution in [0.4, 0.5) is 17.1 Å². The Kier molecular flexibility index (Phi) is 7.22. The normalized spacial score (nSPS) is 11.3. The van der Waals surface area contributed by atoms with Crippen LogP contribution >= 0.6 is 0 Å². The second-order valence-corrected chi connectivity index (χ2v) is 12.6. The Labute approximate surface area is 287 Å². The van der Waals surface area contributed by atoms with Crippen LogP contribution in [0, 0.1) is 0 Å². The Balaban J connectivity index is 1.19. The van der Waals surface area contributed by atoms with Crippen molar-refractivity contribution >= 4 is 49.4 Å². The SMILES string of the molecule is c1ccc(-c2ccc(-c3ccc(N(c4ccc5ccc6c7ccccc7ccc6c5c4)c4ccccc4-c4ccccc4)cc3)cc2)cc1. The van der Waals surface area contributed by atoms with Crippen molar-refractivity contribution in [1.82, 2.24) is 0 Å². The summed E-state index contributed by atoms with van der Waals surface area (Å²) in [5.74, 6) is 0. The van der Waals surface area contributed by atoms with Gasteiger partial charge in [0.1, 0.15) is 0 Å². The number of nitrogens with zero attached hydrogens (tertiary/aromatic N) is 1. The van der Waals surface area contributed by atoms with Crippen LogP contribution in [-0.4, -0.2) is 0 Å². The third-order valence-corrected chi connectivity index (χ3v) is 9.67. The number of fused-ring (bicyclic) bond motifs is 5. The molecule has 0 saturated heterocycles. The van der Waals surface area contributed by atoms with Crippen LogP contribution in [0.15, 0.2) is 200 Å². The number of anilines is 3. The van der Waals surface area contributed by atoms with E-state index < -0.39 is 0 Å². The Hall–Kier alpha value is -6.44. The first-order chi connectivity index (χ1) is 24.3. The van der Waals surface area contributed by atoms with Crippen molar-refractivity contribution in [2.75, 3.05) is 4.90 Å². The largest absolute Gasteiger partial charge is 0.310 e. The van der Waals surface area contributed by atoms with Crippen LogP contribution in [0.25, 0.3) is 65.7 Å². The number of rotatable bonds is 6. The maximum atomic E-state index is 2.41. The molecule has 230 valence electrons. The minimum absolute atomic E-state index is 1.11. The highest BCUT2D eigenvalue weighted by molar-refractivity contribution is 6.17. The van der Waals surface area contributed by atoms with Crippen molar-refractivity contribution in [2.45, 2.75) is 0 Å².